The Kier molecular flexibility index (Phi) is 2.99. The summed E-state index contributed by atoms with van der Waals surface area (Å²) in [5.41, 5.74) is 2.12. The van der Waals surface area contributed by atoms with E-state index in [0.717, 1.165) is 30.8 Å². The Balaban J connectivity index is 2.38. The molecule has 0 radical (unpaired) electrons. The van der Waals surface area contributed by atoms with Gasteiger partial charge in [0.2, 0.25) is 0 Å². The summed E-state index contributed by atoms with van der Waals surface area (Å²) in [6.07, 6.45) is 1.98. The number of para-hydroxylation sites is 1. The van der Waals surface area contributed by atoms with Crippen molar-refractivity contribution >= 4 is 11.7 Å². The van der Waals surface area contributed by atoms with Crippen molar-refractivity contribution in [2.75, 3.05) is 25.1 Å². The molecule has 0 unspecified atom stereocenters. The van der Waals surface area contributed by atoms with E-state index in [1.807, 2.05) is 23.1 Å². The number of nitrogens with zero attached hydrogens (tertiary/aromatic N) is 1. The molecule has 0 saturated carbocycles. The first-order valence-corrected chi connectivity index (χ1v) is 5.35. The summed E-state index contributed by atoms with van der Waals surface area (Å²) in [5.74, 6) is -0.0443. The Labute approximate surface area is 94.4 Å². The number of carboxylic acid groups (broad SMARTS) is 1. The number of anilines is 1. The number of hydrogen-bond acceptors (Lipinski definition) is 3. The molecule has 0 amide bonds. The minimum Gasteiger partial charge on any atom is -0.495 e. The van der Waals surface area contributed by atoms with Gasteiger partial charge in [-0.3, -0.25) is 4.79 Å². The van der Waals surface area contributed by atoms with E-state index >= 15 is 0 Å². The van der Waals surface area contributed by atoms with E-state index in [4.69, 9.17) is 9.84 Å². The second-order valence-electron chi connectivity index (χ2n) is 3.89. The van der Waals surface area contributed by atoms with E-state index < -0.39 is 5.97 Å². The zero-order valence-electron chi connectivity index (χ0n) is 9.27. The summed E-state index contributed by atoms with van der Waals surface area (Å²) >= 11 is 0. The van der Waals surface area contributed by atoms with Crippen LogP contribution in [0.15, 0.2) is 18.2 Å². The molecule has 1 N–H and O–H groups in total. The monoisotopic (exact) mass is 221 g/mol. The lowest BCUT2D eigenvalue weighted by Crippen LogP contribution is -2.34. The molecule has 0 fully saturated rings. The summed E-state index contributed by atoms with van der Waals surface area (Å²) in [7, 11) is 1.61. The van der Waals surface area contributed by atoms with Crippen LogP contribution in [-0.4, -0.2) is 31.3 Å². The molecular formula is C12H15NO3. The van der Waals surface area contributed by atoms with E-state index in [2.05, 4.69) is 0 Å². The number of fused-ring (bicyclic) bond motifs is 1. The number of hydrogen-bond donors (Lipinski definition) is 1. The molecule has 0 bridgehead atoms. The standard InChI is InChI=1S/C12H15NO3/c1-16-10-6-2-4-9-5-3-7-13(12(9)10)8-11(14)15/h2,4,6H,3,5,7-8H2,1H3,(H,14,15). The highest BCUT2D eigenvalue weighted by Gasteiger charge is 2.22. The van der Waals surface area contributed by atoms with Crippen LogP contribution in [0.25, 0.3) is 0 Å². The van der Waals surface area contributed by atoms with Crippen molar-refractivity contribution in [3.8, 4) is 5.75 Å². The molecule has 0 aliphatic carbocycles. The molecule has 86 valence electrons. The maximum Gasteiger partial charge on any atom is 0.323 e. The van der Waals surface area contributed by atoms with Gasteiger partial charge in [-0.05, 0) is 24.5 Å². The van der Waals surface area contributed by atoms with E-state index in [1.165, 1.54) is 5.56 Å². The first-order chi connectivity index (χ1) is 7.72. The van der Waals surface area contributed by atoms with Gasteiger partial charge in [-0.25, -0.2) is 0 Å². The second kappa shape index (κ2) is 4.43. The predicted octanol–water partition coefficient (Wildman–Crippen LogP) is 1.53. The van der Waals surface area contributed by atoms with Gasteiger partial charge >= 0.3 is 5.97 Å². The Morgan fingerprint density at radius 3 is 3.06 bits per heavy atom. The van der Waals surface area contributed by atoms with Crippen molar-refractivity contribution in [1.29, 1.82) is 0 Å². The lowest BCUT2D eigenvalue weighted by Gasteiger charge is -2.31. The van der Waals surface area contributed by atoms with Crippen LogP contribution in [0.2, 0.25) is 0 Å². The molecular weight excluding hydrogens is 206 g/mol. The van der Waals surface area contributed by atoms with Gasteiger partial charge in [-0.2, -0.15) is 0 Å². The molecule has 16 heavy (non-hydrogen) atoms. The van der Waals surface area contributed by atoms with Gasteiger partial charge < -0.3 is 14.7 Å². The molecule has 4 nitrogen and oxygen atoms in total. The summed E-state index contributed by atoms with van der Waals surface area (Å²) in [6.45, 7) is 0.813. The van der Waals surface area contributed by atoms with Crippen LogP contribution in [0.4, 0.5) is 5.69 Å². The van der Waals surface area contributed by atoms with Crippen LogP contribution in [0.1, 0.15) is 12.0 Å². The number of aliphatic carboxylic acids is 1. The Morgan fingerprint density at radius 2 is 2.38 bits per heavy atom. The topological polar surface area (TPSA) is 49.8 Å². The minimum absolute atomic E-state index is 0.0351. The molecule has 0 atom stereocenters. The molecule has 1 aromatic rings. The molecule has 2 rings (SSSR count). The number of carboxylic acids is 1. The highest BCUT2D eigenvalue weighted by Crippen LogP contribution is 2.35. The van der Waals surface area contributed by atoms with Crippen LogP contribution in [-0.2, 0) is 11.2 Å². The highest BCUT2D eigenvalue weighted by molar-refractivity contribution is 5.77. The summed E-state index contributed by atoms with van der Waals surface area (Å²) < 4.78 is 5.29. The third kappa shape index (κ3) is 1.96. The van der Waals surface area contributed by atoms with Crippen molar-refractivity contribution in [3.05, 3.63) is 23.8 Å². The Bertz CT molecular complexity index is 389. The summed E-state index contributed by atoms with van der Waals surface area (Å²) in [5, 5.41) is 8.87. The fraction of sp³-hybridized carbons (Fsp3) is 0.417. The summed E-state index contributed by atoms with van der Waals surface area (Å²) in [4.78, 5) is 12.7. The highest BCUT2D eigenvalue weighted by atomic mass is 16.5. The van der Waals surface area contributed by atoms with Crippen molar-refractivity contribution in [3.63, 3.8) is 0 Å². The molecule has 0 spiro atoms. The molecule has 1 aromatic carbocycles. The van der Waals surface area contributed by atoms with E-state index in [0.29, 0.717) is 0 Å². The van der Waals surface area contributed by atoms with Crippen molar-refractivity contribution in [2.45, 2.75) is 12.8 Å². The molecule has 0 aromatic heterocycles. The maximum absolute atomic E-state index is 10.8. The zero-order chi connectivity index (χ0) is 11.5. The largest absolute Gasteiger partial charge is 0.495 e. The van der Waals surface area contributed by atoms with Crippen molar-refractivity contribution < 1.29 is 14.6 Å². The molecule has 4 heteroatoms. The quantitative estimate of drug-likeness (QED) is 0.841. The third-order valence-electron chi connectivity index (χ3n) is 2.82. The van der Waals surface area contributed by atoms with Gasteiger partial charge in [0.15, 0.2) is 0 Å². The van der Waals surface area contributed by atoms with E-state index in [1.54, 1.807) is 7.11 Å². The van der Waals surface area contributed by atoms with E-state index in [9.17, 15) is 4.79 Å². The third-order valence-corrected chi connectivity index (χ3v) is 2.82. The lowest BCUT2D eigenvalue weighted by atomic mass is 10.0. The Morgan fingerprint density at radius 1 is 1.56 bits per heavy atom. The average Bonchev–Trinajstić information content (AvgIpc) is 2.28. The predicted molar refractivity (Wildman–Crippen MR) is 61.2 cm³/mol. The number of ether oxygens (including phenoxy) is 1. The minimum atomic E-state index is -0.807. The average molecular weight is 221 g/mol. The zero-order valence-corrected chi connectivity index (χ0v) is 9.27. The van der Waals surface area contributed by atoms with Crippen LogP contribution in [0.3, 0.4) is 0 Å². The molecule has 1 aliphatic rings. The number of methoxy groups -OCH3 is 1. The Hall–Kier alpha value is -1.71. The van der Waals surface area contributed by atoms with Gasteiger partial charge in [0.05, 0.1) is 12.8 Å². The number of carbonyl (C=O) groups is 1. The first-order valence-electron chi connectivity index (χ1n) is 5.35. The molecule has 0 saturated heterocycles. The smallest absolute Gasteiger partial charge is 0.323 e. The van der Waals surface area contributed by atoms with Crippen LogP contribution >= 0.6 is 0 Å². The van der Waals surface area contributed by atoms with Crippen LogP contribution < -0.4 is 9.64 Å². The van der Waals surface area contributed by atoms with Crippen LogP contribution in [0, 0.1) is 0 Å². The van der Waals surface area contributed by atoms with Gasteiger partial charge in [-0.15, -0.1) is 0 Å². The lowest BCUT2D eigenvalue weighted by molar-refractivity contribution is -0.135. The number of benzene rings is 1. The first kappa shape index (κ1) is 10.8. The van der Waals surface area contributed by atoms with Gasteiger partial charge in [0.1, 0.15) is 12.3 Å². The fourth-order valence-electron chi connectivity index (χ4n) is 2.19. The van der Waals surface area contributed by atoms with Gasteiger partial charge in [0, 0.05) is 6.54 Å². The number of aryl methyl sites for hydroxylation is 1. The van der Waals surface area contributed by atoms with Crippen molar-refractivity contribution in [1.82, 2.24) is 0 Å². The normalized spacial score (nSPS) is 14.4. The fourth-order valence-corrected chi connectivity index (χ4v) is 2.19. The van der Waals surface area contributed by atoms with Crippen molar-refractivity contribution in [2.24, 2.45) is 0 Å². The molecule has 1 aliphatic heterocycles. The number of rotatable bonds is 3. The molecule has 1 heterocycles. The SMILES string of the molecule is COc1cccc2c1N(CC(=O)O)CCC2. The van der Waals surface area contributed by atoms with Gasteiger partial charge in [-0.1, -0.05) is 12.1 Å². The summed E-state index contributed by atoms with van der Waals surface area (Å²) in [6, 6.07) is 5.85. The van der Waals surface area contributed by atoms with Crippen LogP contribution in [0.5, 0.6) is 5.75 Å². The second-order valence-corrected chi connectivity index (χ2v) is 3.89. The van der Waals surface area contributed by atoms with Gasteiger partial charge in [0.25, 0.3) is 0 Å². The van der Waals surface area contributed by atoms with E-state index in [-0.39, 0.29) is 6.54 Å². The maximum atomic E-state index is 10.8.